The van der Waals surface area contributed by atoms with Gasteiger partial charge in [-0.15, -0.1) is 0 Å². The predicted molar refractivity (Wildman–Crippen MR) is 51.1 cm³/mol. The number of fused-ring (bicyclic) bond motifs is 1. The Labute approximate surface area is 90.2 Å². The summed E-state index contributed by atoms with van der Waals surface area (Å²) in [4.78, 5) is 3.63. The summed E-state index contributed by atoms with van der Waals surface area (Å²) in [6.07, 6.45) is -4.49. The Hall–Kier alpha value is -1.24. The minimum atomic E-state index is -4.49. The highest BCUT2D eigenvalue weighted by Gasteiger charge is 2.35. The molecule has 0 saturated heterocycles. The maximum atomic E-state index is 12.6. The largest absolute Gasteiger partial charge is 0.423 e. The Morgan fingerprint density at radius 1 is 1.33 bits per heavy atom. The van der Waals surface area contributed by atoms with Gasteiger partial charge >= 0.3 is 6.18 Å². The topological polar surface area (TPSA) is 52.0 Å². The van der Waals surface area contributed by atoms with E-state index in [9.17, 15) is 13.2 Å². The number of rotatable bonds is 0. The number of nitrogens with two attached hydrogens (primary N) is 1. The van der Waals surface area contributed by atoms with Gasteiger partial charge in [0.2, 0.25) is 0 Å². The molecule has 0 atom stereocenters. The summed E-state index contributed by atoms with van der Waals surface area (Å²) in [5.41, 5.74) is 4.03. The maximum absolute atomic E-state index is 12.6. The van der Waals surface area contributed by atoms with Gasteiger partial charge in [-0.05, 0) is 12.1 Å². The van der Waals surface area contributed by atoms with E-state index in [1.54, 1.807) is 0 Å². The van der Waals surface area contributed by atoms with Crippen molar-refractivity contribution >= 4 is 33.0 Å². The molecule has 7 heteroatoms. The molecule has 0 unspecified atom stereocenters. The van der Waals surface area contributed by atoms with Crippen molar-refractivity contribution in [2.24, 2.45) is 0 Å². The van der Waals surface area contributed by atoms with Crippen molar-refractivity contribution in [3.05, 3.63) is 22.2 Å². The quantitative estimate of drug-likeness (QED) is 0.806. The lowest BCUT2D eigenvalue weighted by Crippen LogP contribution is -2.05. The SMILES string of the molecule is Nc1nc2cc(Br)cc(C(F)(F)F)c2o1. The summed E-state index contributed by atoms with van der Waals surface area (Å²) in [6.45, 7) is 0. The van der Waals surface area contributed by atoms with Gasteiger partial charge in [0.25, 0.3) is 6.01 Å². The molecule has 1 aromatic carbocycles. The normalized spacial score (nSPS) is 12.3. The molecule has 0 amide bonds. The second-order valence-corrected chi connectivity index (χ2v) is 3.77. The third-order valence-corrected chi connectivity index (χ3v) is 2.23. The van der Waals surface area contributed by atoms with Crippen molar-refractivity contribution in [3.63, 3.8) is 0 Å². The van der Waals surface area contributed by atoms with Crippen molar-refractivity contribution in [1.82, 2.24) is 4.98 Å². The number of halogens is 4. The summed E-state index contributed by atoms with van der Waals surface area (Å²) >= 11 is 2.96. The van der Waals surface area contributed by atoms with Gasteiger partial charge in [-0.2, -0.15) is 18.2 Å². The Kier molecular flexibility index (Phi) is 2.14. The monoisotopic (exact) mass is 280 g/mol. The van der Waals surface area contributed by atoms with Crippen LogP contribution in [0.25, 0.3) is 11.1 Å². The second kappa shape index (κ2) is 3.13. The highest BCUT2D eigenvalue weighted by molar-refractivity contribution is 9.10. The van der Waals surface area contributed by atoms with E-state index in [2.05, 4.69) is 20.9 Å². The van der Waals surface area contributed by atoms with Gasteiger partial charge < -0.3 is 10.2 Å². The first-order valence-corrected chi connectivity index (χ1v) is 4.60. The number of anilines is 1. The van der Waals surface area contributed by atoms with E-state index in [0.29, 0.717) is 0 Å². The fraction of sp³-hybridized carbons (Fsp3) is 0.125. The number of nitrogens with zero attached hydrogens (tertiary/aromatic N) is 1. The smallest absolute Gasteiger partial charge is 0.420 e. The molecule has 2 rings (SSSR count). The van der Waals surface area contributed by atoms with Crippen molar-refractivity contribution in [2.45, 2.75) is 6.18 Å². The van der Waals surface area contributed by atoms with Crippen LogP contribution in [0.4, 0.5) is 19.2 Å². The van der Waals surface area contributed by atoms with E-state index in [1.165, 1.54) is 6.07 Å². The first kappa shape index (κ1) is 10.3. The molecule has 0 spiro atoms. The number of hydrogen-bond acceptors (Lipinski definition) is 3. The predicted octanol–water partition coefficient (Wildman–Crippen LogP) is 3.19. The van der Waals surface area contributed by atoms with Crippen LogP contribution in [0.5, 0.6) is 0 Å². The highest BCUT2D eigenvalue weighted by Crippen LogP contribution is 2.37. The van der Waals surface area contributed by atoms with Crippen LogP contribution < -0.4 is 5.73 Å². The summed E-state index contributed by atoms with van der Waals surface area (Å²) in [5, 5.41) is 0. The lowest BCUT2D eigenvalue weighted by atomic mass is 10.2. The van der Waals surface area contributed by atoms with E-state index >= 15 is 0 Å². The molecule has 0 fully saturated rings. The van der Waals surface area contributed by atoms with Crippen LogP contribution in [0, 0.1) is 0 Å². The number of aromatic nitrogens is 1. The standard InChI is InChI=1S/C8H4BrF3N2O/c9-3-1-4(8(10,11)12)6-5(2-3)14-7(13)15-6/h1-2H,(H2,13,14). The van der Waals surface area contributed by atoms with E-state index < -0.39 is 11.7 Å². The Morgan fingerprint density at radius 3 is 2.60 bits per heavy atom. The zero-order chi connectivity index (χ0) is 11.2. The molecule has 0 radical (unpaired) electrons. The molecule has 0 aliphatic rings. The van der Waals surface area contributed by atoms with Gasteiger partial charge in [0.15, 0.2) is 5.58 Å². The summed E-state index contributed by atoms with van der Waals surface area (Å²) in [6, 6.07) is 2.05. The third-order valence-electron chi connectivity index (χ3n) is 1.78. The first-order chi connectivity index (χ1) is 6.88. The number of hydrogen-bond donors (Lipinski definition) is 1. The van der Waals surface area contributed by atoms with Gasteiger partial charge in [0.05, 0.1) is 0 Å². The maximum Gasteiger partial charge on any atom is 0.420 e. The Bertz CT molecular complexity index is 520. The second-order valence-electron chi connectivity index (χ2n) is 2.85. The summed E-state index contributed by atoms with van der Waals surface area (Å²) < 4.78 is 42.7. The number of nitrogen functional groups attached to an aromatic ring is 1. The third kappa shape index (κ3) is 1.79. The summed E-state index contributed by atoms with van der Waals surface area (Å²) in [5.74, 6) is 0. The van der Waals surface area contributed by atoms with Crippen molar-refractivity contribution in [3.8, 4) is 0 Å². The van der Waals surface area contributed by atoms with Crippen LogP contribution in [0.1, 0.15) is 5.56 Å². The number of benzene rings is 1. The van der Waals surface area contributed by atoms with Gasteiger partial charge in [0.1, 0.15) is 11.1 Å². The van der Waals surface area contributed by atoms with Crippen molar-refractivity contribution in [1.29, 1.82) is 0 Å². The molecule has 0 bridgehead atoms. The number of oxazole rings is 1. The molecular weight excluding hydrogens is 277 g/mol. The van der Waals surface area contributed by atoms with Gasteiger partial charge in [-0.1, -0.05) is 15.9 Å². The van der Waals surface area contributed by atoms with E-state index in [1.807, 2.05) is 0 Å². The van der Waals surface area contributed by atoms with Crippen LogP contribution >= 0.6 is 15.9 Å². The van der Waals surface area contributed by atoms with Gasteiger partial charge in [0, 0.05) is 4.47 Å². The Balaban J connectivity index is 2.82. The minimum Gasteiger partial charge on any atom is -0.423 e. The van der Waals surface area contributed by atoms with E-state index in [4.69, 9.17) is 10.2 Å². The fourth-order valence-electron chi connectivity index (χ4n) is 1.23. The highest BCUT2D eigenvalue weighted by atomic mass is 79.9. The Morgan fingerprint density at radius 2 is 2.00 bits per heavy atom. The molecule has 15 heavy (non-hydrogen) atoms. The molecule has 0 aliphatic carbocycles. The molecular formula is C8H4BrF3N2O. The zero-order valence-corrected chi connectivity index (χ0v) is 8.69. The summed E-state index contributed by atoms with van der Waals surface area (Å²) in [7, 11) is 0. The molecule has 3 nitrogen and oxygen atoms in total. The van der Waals surface area contributed by atoms with E-state index in [0.717, 1.165) is 6.07 Å². The molecule has 0 saturated carbocycles. The fourth-order valence-corrected chi connectivity index (χ4v) is 1.67. The molecule has 0 aliphatic heterocycles. The molecule has 1 heterocycles. The molecule has 2 N–H and O–H groups in total. The number of alkyl halides is 3. The molecule has 80 valence electrons. The van der Waals surface area contributed by atoms with Crippen LogP contribution in [0.2, 0.25) is 0 Å². The zero-order valence-electron chi connectivity index (χ0n) is 7.10. The molecule has 2 aromatic rings. The van der Waals surface area contributed by atoms with Crippen molar-refractivity contribution < 1.29 is 17.6 Å². The van der Waals surface area contributed by atoms with Gasteiger partial charge in [-0.3, -0.25) is 0 Å². The van der Waals surface area contributed by atoms with Crippen molar-refractivity contribution in [2.75, 3.05) is 5.73 Å². The average Bonchev–Trinajstić information content (AvgIpc) is 2.41. The van der Waals surface area contributed by atoms with Crippen LogP contribution in [0.3, 0.4) is 0 Å². The van der Waals surface area contributed by atoms with Crippen LogP contribution in [-0.4, -0.2) is 4.98 Å². The average molecular weight is 281 g/mol. The van der Waals surface area contributed by atoms with Crippen LogP contribution in [-0.2, 0) is 6.18 Å². The lowest BCUT2D eigenvalue weighted by Gasteiger charge is -2.06. The molecule has 1 aromatic heterocycles. The lowest BCUT2D eigenvalue weighted by molar-refractivity contribution is -0.136. The van der Waals surface area contributed by atoms with Gasteiger partial charge in [-0.25, -0.2) is 0 Å². The van der Waals surface area contributed by atoms with E-state index in [-0.39, 0.29) is 21.6 Å². The first-order valence-electron chi connectivity index (χ1n) is 3.80. The minimum absolute atomic E-state index is 0.0780. The van der Waals surface area contributed by atoms with Crippen LogP contribution in [0.15, 0.2) is 21.0 Å².